The molecule has 0 saturated heterocycles. The summed E-state index contributed by atoms with van der Waals surface area (Å²) >= 11 is 0. The summed E-state index contributed by atoms with van der Waals surface area (Å²) in [5.41, 5.74) is 4.28. The lowest BCUT2D eigenvalue weighted by atomic mass is 9.95. The Bertz CT molecular complexity index is 1100. The van der Waals surface area contributed by atoms with Crippen molar-refractivity contribution in [3.63, 3.8) is 0 Å². The first-order chi connectivity index (χ1) is 14.0. The fourth-order valence-corrected chi connectivity index (χ4v) is 4.37. The van der Waals surface area contributed by atoms with Gasteiger partial charge in [-0.05, 0) is 54.3 Å². The van der Waals surface area contributed by atoms with Gasteiger partial charge in [-0.2, -0.15) is 0 Å². The zero-order chi connectivity index (χ0) is 22.2. The van der Waals surface area contributed by atoms with Crippen LogP contribution in [0.25, 0.3) is 6.08 Å². The molecule has 158 valence electrons. The van der Waals surface area contributed by atoms with E-state index in [2.05, 4.69) is 0 Å². The molecule has 7 nitrogen and oxygen atoms in total. The number of rotatable bonds is 6. The van der Waals surface area contributed by atoms with Gasteiger partial charge in [0.25, 0.3) is 0 Å². The predicted octanol–water partition coefficient (Wildman–Crippen LogP) is 3.50. The maximum Gasteiger partial charge on any atom is 0.333 e. The second kappa shape index (κ2) is 8.19. The Labute approximate surface area is 174 Å². The molecule has 1 aliphatic rings. The molecule has 0 bridgehead atoms. The number of ketones is 2. The number of Topliss-reactive ketones (excluding diaryl/α,β-unsaturated/α-hetero) is 2. The summed E-state index contributed by atoms with van der Waals surface area (Å²) in [5, 5.41) is 0. The van der Waals surface area contributed by atoms with Crippen molar-refractivity contribution in [1.82, 2.24) is 0 Å². The monoisotopic (exact) mass is 430 g/mol. The van der Waals surface area contributed by atoms with Crippen molar-refractivity contribution in [2.45, 2.75) is 20.3 Å². The van der Waals surface area contributed by atoms with Gasteiger partial charge in [-0.15, -0.1) is 0 Å². The predicted molar refractivity (Wildman–Crippen MR) is 113 cm³/mol. The smallest absolute Gasteiger partial charge is 0.333 e. The Morgan fingerprint density at radius 2 is 1.63 bits per heavy atom. The molecular weight excluding hydrogens is 407 g/mol. The van der Waals surface area contributed by atoms with Crippen molar-refractivity contribution in [3.05, 3.63) is 63.2 Å². The fraction of sp³-hybridized carbons (Fsp3) is 0.273. The van der Waals surface area contributed by atoms with E-state index >= 15 is 0 Å². The van der Waals surface area contributed by atoms with Crippen LogP contribution in [-0.2, 0) is 11.0 Å². The van der Waals surface area contributed by atoms with E-state index in [1.165, 1.54) is 7.11 Å². The number of carbonyl (C=O) groups excluding carboxylic acids is 2. The van der Waals surface area contributed by atoms with Crippen LogP contribution < -0.4 is 9.47 Å². The topological polar surface area (TPSA) is 110 Å². The molecule has 0 spiro atoms. The van der Waals surface area contributed by atoms with E-state index in [0.29, 0.717) is 45.7 Å². The lowest BCUT2D eigenvalue weighted by molar-refractivity contribution is 0.101. The minimum absolute atomic E-state index is 0.0945. The Hall–Kier alpha value is -2.73. The fourth-order valence-electron chi connectivity index (χ4n) is 3.84. The molecular formula is C22H23O7P. The average Bonchev–Trinajstić information content (AvgIpc) is 2.93. The van der Waals surface area contributed by atoms with Crippen molar-refractivity contribution in [2.24, 2.45) is 0 Å². The van der Waals surface area contributed by atoms with Crippen LogP contribution in [0.3, 0.4) is 0 Å². The van der Waals surface area contributed by atoms with Gasteiger partial charge in [0, 0.05) is 23.1 Å². The van der Waals surface area contributed by atoms with Crippen LogP contribution in [0.4, 0.5) is 0 Å². The lowest BCUT2D eigenvalue weighted by Crippen LogP contribution is -2.10. The van der Waals surface area contributed by atoms with Gasteiger partial charge in [0.05, 0.1) is 14.2 Å². The number of hydrogen-bond donors (Lipinski definition) is 2. The molecule has 3 rings (SSSR count). The second-order valence-corrected chi connectivity index (χ2v) is 8.96. The van der Waals surface area contributed by atoms with Gasteiger partial charge in [0.2, 0.25) is 0 Å². The number of methoxy groups -OCH3 is 2. The summed E-state index contributed by atoms with van der Waals surface area (Å²) in [6, 6.07) is 6.96. The van der Waals surface area contributed by atoms with Gasteiger partial charge >= 0.3 is 7.60 Å². The first-order valence-electron chi connectivity index (χ1n) is 9.23. The van der Waals surface area contributed by atoms with Crippen LogP contribution in [0.15, 0.2) is 29.8 Å². The molecule has 0 heterocycles. The molecule has 0 amide bonds. The minimum atomic E-state index is -4.44. The largest absolute Gasteiger partial charge is 0.493 e. The van der Waals surface area contributed by atoms with E-state index < -0.39 is 19.5 Å². The van der Waals surface area contributed by atoms with Crippen molar-refractivity contribution < 1.29 is 33.4 Å². The molecule has 1 aliphatic carbocycles. The van der Waals surface area contributed by atoms with E-state index in [1.807, 2.05) is 0 Å². The molecule has 8 heteroatoms. The first-order valence-corrected chi connectivity index (χ1v) is 11.0. The van der Waals surface area contributed by atoms with Crippen LogP contribution in [0, 0.1) is 13.8 Å². The van der Waals surface area contributed by atoms with Crippen LogP contribution >= 0.6 is 7.60 Å². The zero-order valence-electron chi connectivity index (χ0n) is 17.2. The highest BCUT2D eigenvalue weighted by molar-refractivity contribution is 7.52. The standard InChI is InChI=1S/C22H23O7P/c1-12-5-14(6-13(2)21(12)18(23)11-30(25,26)27)7-16-8-15-9-19(28-3)20(29-4)10-17(15)22(16)24/h5-7,9-10H,8,11H2,1-4H3,(H2,25,26,27)/b16-7+. The Balaban J connectivity index is 1.95. The summed E-state index contributed by atoms with van der Waals surface area (Å²) in [5.74, 6) is 0.361. The van der Waals surface area contributed by atoms with Crippen LogP contribution in [0.2, 0.25) is 0 Å². The third-order valence-electron chi connectivity index (χ3n) is 5.05. The molecule has 2 N–H and O–H groups in total. The minimum Gasteiger partial charge on any atom is -0.493 e. The average molecular weight is 430 g/mol. The van der Waals surface area contributed by atoms with Crippen molar-refractivity contribution >= 4 is 25.2 Å². The number of allylic oxidation sites excluding steroid dienone is 1. The van der Waals surface area contributed by atoms with Gasteiger partial charge in [-0.1, -0.05) is 12.1 Å². The normalized spacial score (nSPS) is 14.7. The molecule has 0 aromatic heterocycles. The molecule has 0 radical (unpaired) electrons. The number of hydrogen-bond acceptors (Lipinski definition) is 5. The Morgan fingerprint density at radius 3 is 2.17 bits per heavy atom. The number of fused-ring (bicyclic) bond motifs is 1. The highest BCUT2D eigenvalue weighted by Gasteiger charge is 2.28. The summed E-state index contributed by atoms with van der Waals surface area (Å²) < 4.78 is 21.8. The van der Waals surface area contributed by atoms with Crippen molar-refractivity contribution in [1.29, 1.82) is 0 Å². The maximum absolute atomic E-state index is 12.9. The van der Waals surface area contributed by atoms with E-state index in [-0.39, 0.29) is 5.78 Å². The van der Waals surface area contributed by atoms with E-state index in [9.17, 15) is 14.2 Å². The summed E-state index contributed by atoms with van der Waals surface area (Å²) in [6.45, 7) is 3.42. The molecule has 30 heavy (non-hydrogen) atoms. The molecule has 0 aliphatic heterocycles. The Kier molecular flexibility index (Phi) is 5.99. The van der Waals surface area contributed by atoms with Gasteiger partial charge in [0.15, 0.2) is 23.1 Å². The van der Waals surface area contributed by atoms with Gasteiger partial charge in [-0.25, -0.2) is 0 Å². The molecule has 0 saturated carbocycles. The van der Waals surface area contributed by atoms with Gasteiger partial charge in [-0.3, -0.25) is 14.2 Å². The lowest BCUT2D eigenvalue weighted by Gasteiger charge is -2.11. The van der Waals surface area contributed by atoms with E-state index in [0.717, 1.165) is 11.1 Å². The van der Waals surface area contributed by atoms with Crippen molar-refractivity contribution in [2.75, 3.05) is 20.4 Å². The number of carbonyl (C=O) groups is 2. The third-order valence-corrected chi connectivity index (χ3v) is 5.75. The highest BCUT2D eigenvalue weighted by atomic mass is 31.2. The summed E-state index contributed by atoms with van der Waals surface area (Å²) in [7, 11) is -1.39. The van der Waals surface area contributed by atoms with Crippen LogP contribution in [0.5, 0.6) is 11.5 Å². The maximum atomic E-state index is 12.9. The first kappa shape index (κ1) is 22.0. The number of aryl methyl sites for hydroxylation is 2. The van der Waals surface area contributed by atoms with Gasteiger partial charge < -0.3 is 19.3 Å². The number of benzene rings is 2. The van der Waals surface area contributed by atoms with E-state index in [4.69, 9.17) is 19.3 Å². The van der Waals surface area contributed by atoms with Crippen LogP contribution in [0.1, 0.15) is 43.0 Å². The number of ether oxygens (including phenoxy) is 2. The third kappa shape index (κ3) is 4.38. The molecule has 0 atom stereocenters. The molecule has 0 fully saturated rings. The molecule has 2 aromatic rings. The Morgan fingerprint density at radius 1 is 1.07 bits per heavy atom. The van der Waals surface area contributed by atoms with Gasteiger partial charge in [0.1, 0.15) is 6.16 Å². The zero-order valence-corrected chi connectivity index (χ0v) is 18.1. The van der Waals surface area contributed by atoms with Crippen molar-refractivity contribution in [3.8, 4) is 11.5 Å². The van der Waals surface area contributed by atoms with Crippen LogP contribution in [-0.4, -0.2) is 41.7 Å². The van der Waals surface area contributed by atoms with E-state index in [1.54, 1.807) is 51.3 Å². The highest BCUT2D eigenvalue weighted by Crippen LogP contribution is 2.38. The molecule has 0 unspecified atom stereocenters. The SMILES string of the molecule is COc1cc2c(cc1OC)C(=O)/C(=C/c1cc(C)c(C(=O)CP(=O)(O)O)c(C)c1)C2. The quantitative estimate of drug-likeness (QED) is 0.410. The molecule has 2 aromatic carbocycles. The second-order valence-electron chi connectivity index (χ2n) is 7.32. The summed E-state index contributed by atoms with van der Waals surface area (Å²) in [6.07, 6.45) is 1.40. The summed E-state index contributed by atoms with van der Waals surface area (Å²) in [4.78, 5) is 43.3.